The van der Waals surface area contributed by atoms with Gasteiger partial charge in [-0.15, -0.1) is 0 Å². The van der Waals surface area contributed by atoms with Crippen molar-refractivity contribution in [3.8, 4) is 5.75 Å². The van der Waals surface area contributed by atoms with Crippen molar-refractivity contribution in [3.05, 3.63) is 59.9 Å². The molecule has 0 aliphatic carbocycles. The Morgan fingerprint density at radius 2 is 2.07 bits per heavy atom. The first-order valence-corrected chi connectivity index (χ1v) is 8.89. The van der Waals surface area contributed by atoms with E-state index < -0.39 is 0 Å². The summed E-state index contributed by atoms with van der Waals surface area (Å²) in [5.41, 5.74) is 1.56. The Morgan fingerprint density at radius 1 is 1.26 bits per heavy atom. The summed E-state index contributed by atoms with van der Waals surface area (Å²) in [6.45, 7) is 1.46. The fraction of sp³-hybridized carbons (Fsp3) is 0.350. The lowest BCUT2D eigenvalue weighted by molar-refractivity contribution is -0.153. The smallest absolute Gasteiger partial charge is 0.254 e. The van der Waals surface area contributed by atoms with Crippen LogP contribution in [0.3, 0.4) is 0 Å². The third-order valence-electron chi connectivity index (χ3n) is 5.08. The van der Waals surface area contributed by atoms with Gasteiger partial charge in [0.05, 0.1) is 19.3 Å². The van der Waals surface area contributed by atoms with Crippen LogP contribution < -0.4 is 4.74 Å². The van der Waals surface area contributed by atoms with Crippen molar-refractivity contribution in [3.63, 3.8) is 0 Å². The molecule has 7 heteroatoms. The van der Waals surface area contributed by atoms with Crippen molar-refractivity contribution in [2.24, 2.45) is 0 Å². The van der Waals surface area contributed by atoms with Gasteiger partial charge in [-0.2, -0.15) is 0 Å². The molecule has 0 saturated carbocycles. The minimum absolute atomic E-state index is 0.0476. The Hall–Kier alpha value is -2.93. The number of likely N-dealkylation sites (tertiary alicyclic amines) is 1. The second kappa shape index (κ2) is 7.36. The topological polar surface area (TPSA) is 72.0 Å². The van der Waals surface area contributed by atoms with Gasteiger partial charge in [0.1, 0.15) is 12.4 Å². The Labute approximate surface area is 157 Å². The second-order valence-corrected chi connectivity index (χ2v) is 6.74. The number of carbonyl (C=O) groups is 2. The van der Waals surface area contributed by atoms with Crippen LogP contribution in [0.25, 0.3) is 0 Å². The van der Waals surface area contributed by atoms with Crippen LogP contribution in [0.2, 0.25) is 0 Å². The van der Waals surface area contributed by atoms with E-state index in [9.17, 15) is 9.59 Å². The number of amides is 2. The molecule has 1 aromatic carbocycles. The number of carbonyl (C=O) groups excluding carboxylic acids is 2. The normalized spacial score (nSPS) is 21.9. The molecule has 3 heterocycles. The fourth-order valence-electron chi connectivity index (χ4n) is 3.64. The molecule has 2 aliphatic rings. The van der Waals surface area contributed by atoms with Gasteiger partial charge in [-0.3, -0.25) is 14.6 Å². The summed E-state index contributed by atoms with van der Waals surface area (Å²) in [6, 6.07) is 10.7. The van der Waals surface area contributed by atoms with Crippen molar-refractivity contribution in [1.29, 1.82) is 0 Å². The number of morpholine rings is 1. The largest absolute Gasteiger partial charge is 0.497 e. The van der Waals surface area contributed by atoms with E-state index in [0.29, 0.717) is 30.9 Å². The lowest BCUT2D eigenvalue weighted by atomic mass is 10.1. The van der Waals surface area contributed by atoms with Crippen LogP contribution in [0.15, 0.2) is 48.8 Å². The third kappa shape index (κ3) is 3.50. The molecule has 2 aliphatic heterocycles. The quantitative estimate of drug-likeness (QED) is 0.816. The second-order valence-electron chi connectivity index (χ2n) is 6.74. The number of methoxy groups -OCH3 is 1. The van der Waals surface area contributed by atoms with Gasteiger partial charge in [-0.1, -0.05) is 6.07 Å². The third-order valence-corrected chi connectivity index (χ3v) is 5.08. The zero-order valence-corrected chi connectivity index (χ0v) is 15.1. The number of hydrogen-bond acceptors (Lipinski definition) is 5. The van der Waals surface area contributed by atoms with Gasteiger partial charge in [0.25, 0.3) is 5.91 Å². The molecule has 2 amide bonds. The highest BCUT2D eigenvalue weighted by Crippen LogP contribution is 2.26. The lowest BCUT2D eigenvalue weighted by Gasteiger charge is -2.36. The summed E-state index contributed by atoms with van der Waals surface area (Å²) < 4.78 is 10.9. The molecule has 27 heavy (non-hydrogen) atoms. The van der Waals surface area contributed by atoms with Crippen molar-refractivity contribution in [1.82, 2.24) is 14.8 Å². The van der Waals surface area contributed by atoms with Crippen LogP contribution in [0, 0.1) is 0 Å². The standard InChI is InChI=1S/C20H21N3O4/c1-26-16-6-4-15(5-7-16)20(25)22-11-17-18(12-22)27-13-19(24)23(17)10-14-3-2-8-21-9-14/h2-9,17-18H,10-13H2,1H3. The number of pyridine rings is 1. The van der Waals surface area contributed by atoms with Crippen molar-refractivity contribution >= 4 is 11.8 Å². The summed E-state index contributed by atoms with van der Waals surface area (Å²) in [7, 11) is 1.59. The van der Waals surface area contributed by atoms with Crippen LogP contribution in [-0.4, -0.2) is 65.6 Å². The first-order valence-electron chi connectivity index (χ1n) is 8.89. The average molecular weight is 367 g/mol. The molecule has 1 aromatic heterocycles. The molecule has 0 spiro atoms. The maximum absolute atomic E-state index is 12.9. The van der Waals surface area contributed by atoms with E-state index in [-0.39, 0.29) is 30.6 Å². The van der Waals surface area contributed by atoms with Gasteiger partial charge in [-0.25, -0.2) is 0 Å². The van der Waals surface area contributed by atoms with Gasteiger partial charge in [0, 0.05) is 37.6 Å². The summed E-state index contributed by atoms with van der Waals surface area (Å²) >= 11 is 0. The van der Waals surface area contributed by atoms with Crippen molar-refractivity contribution in [2.75, 3.05) is 26.8 Å². The molecule has 2 saturated heterocycles. The SMILES string of the molecule is COc1ccc(C(=O)N2CC3OCC(=O)N(Cc4cccnc4)C3C2)cc1. The van der Waals surface area contributed by atoms with E-state index in [0.717, 1.165) is 5.56 Å². The maximum atomic E-state index is 12.9. The number of aromatic nitrogens is 1. The van der Waals surface area contributed by atoms with E-state index in [1.54, 1.807) is 48.7 Å². The van der Waals surface area contributed by atoms with Gasteiger partial charge >= 0.3 is 0 Å². The van der Waals surface area contributed by atoms with Crippen molar-refractivity contribution < 1.29 is 19.1 Å². The Morgan fingerprint density at radius 3 is 2.78 bits per heavy atom. The molecule has 4 rings (SSSR count). The Bertz CT molecular complexity index is 825. The van der Waals surface area contributed by atoms with Crippen LogP contribution in [0.1, 0.15) is 15.9 Å². The zero-order chi connectivity index (χ0) is 18.8. The molecule has 7 nitrogen and oxygen atoms in total. The molecule has 2 unspecified atom stereocenters. The molecule has 0 N–H and O–H groups in total. The van der Waals surface area contributed by atoms with Crippen LogP contribution in [-0.2, 0) is 16.1 Å². The van der Waals surface area contributed by atoms with E-state index in [2.05, 4.69) is 4.98 Å². The summed E-state index contributed by atoms with van der Waals surface area (Å²) in [6.07, 6.45) is 3.30. The average Bonchev–Trinajstić information content (AvgIpc) is 3.15. The first kappa shape index (κ1) is 17.5. The number of nitrogens with zero attached hydrogens (tertiary/aromatic N) is 3. The minimum atomic E-state index is -0.165. The van der Waals surface area contributed by atoms with E-state index >= 15 is 0 Å². The van der Waals surface area contributed by atoms with E-state index in [1.165, 1.54) is 0 Å². The fourth-order valence-corrected chi connectivity index (χ4v) is 3.64. The summed E-state index contributed by atoms with van der Waals surface area (Å²) in [5, 5.41) is 0. The Balaban J connectivity index is 1.49. The molecule has 140 valence electrons. The van der Waals surface area contributed by atoms with Crippen LogP contribution in [0.4, 0.5) is 0 Å². The highest BCUT2D eigenvalue weighted by atomic mass is 16.5. The minimum Gasteiger partial charge on any atom is -0.497 e. The lowest BCUT2D eigenvalue weighted by Crippen LogP contribution is -2.53. The predicted octanol–water partition coefficient (Wildman–Crippen LogP) is 1.34. The van der Waals surface area contributed by atoms with E-state index in [1.807, 2.05) is 17.0 Å². The van der Waals surface area contributed by atoms with Gasteiger partial charge in [0.15, 0.2) is 0 Å². The monoisotopic (exact) mass is 367 g/mol. The number of rotatable bonds is 4. The molecular weight excluding hydrogens is 346 g/mol. The molecular formula is C20H21N3O4. The first-order chi connectivity index (χ1) is 13.2. The molecule has 2 fully saturated rings. The van der Waals surface area contributed by atoms with Crippen LogP contribution >= 0.6 is 0 Å². The van der Waals surface area contributed by atoms with Gasteiger partial charge in [0.2, 0.25) is 5.91 Å². The van der Waals surface area contributed by atoms with Crippen molar-refractivity contribution in [2.45, 2.75) is 18.7 Å². The molecule has 2 atom stereocenters. The highest BCUT2D eigenvalue weighted by molar-refractivity contribution is 5.94. The predicted molar refractivity (Wildman–Crippen MR) is 97.2 cm³/mol. The van der Waals surface area contributed by atoms with E-state index in [4.69, 9.17) is 9.47 Å². The van der Waals surface area contributed by atoms with Gasteiger partial charge < -0.3 is 19.3 Å². The number of ether oxygens (including phenoxy) is 2. The van der Waals surface area contributed by atoms with Crippen LogP contribution in [0.5, 0.6) is 5.75 Å². The van der Waals surface area contributed by atoms with Gasteiger partial charge in [-0.05, 0) is 35.9 Å². The molecule has 0 bridgehead atoms. The summed E-state index contributed by atoms with van der Waals surface area (Å²) in [5.74, 6) is 0.585. The number of fused-ring (bicyclic) bond motifs is 1. The number of benzene rings is 1. The number of hydrogen-bond donors (Lipinski definition) is 0. The highest BCUT2D eigenvalue weighted by Gasteiger charge is 2.44. The maximum Gasteiger partial charge on any atom is 0.254 e. The molecule has 0 radical (unpaired) electrons. The zero-order valence-electron chi connectivity index (χ0n) is 15.1. The summed E-state index contributed by atoms with van der Waals surface area (Å²) in [4.78, 5) is 33.0. The Kier molecular flexibility index (Phi) is 4.77. The molecule has 2 aromatic rings.